The van der Waals surface area contributed by atoms with Crippen molar-refractivity contribution in [1.29, 1.82) is 0 Å². The molecule has 2 heteroatoms. The van der Waals surface area contributed by atoms with Gasteiger partial charge in [-0.1, -0.05) is 84.5 Å². The highest BCUT2D eigenvalue weighted by molar-refractivity contribution is 5.79. The fraction of sp³-hybridized carbons (Fsp3) is 0.955. The van der Waals surface area contributed by atoms with Gasteiger partial charge in [0.05, 0.1) is 0 Å². The van der Waals surface area contributed by atoms with Crippen molar-refractivity contribution in [2.75, 3.05) is 13.1 Å². The Bertz CT molecular complexity index is 315. The van der Waals surface area contributed by atoms with Crippen LogP contribution in [0.15, 0.2) is 0 Å². The first kappa shape index (κ1) is 21.5. The molecule has 2 unspecified atom stereocenters. The molecule has 1 heterocycles. The zero-order valence-electron chi connectivity index (χ0n) is 16.8. The van der Waals surface area contributed by atoms with Crippen molar-refractivity contribution in [2.45, 2.75) is 111 Å². The monoisotopic (exact) mass is 337 g/mol. The molecule has 1 rings (SSSR count). The van der Waals surface area contributed by atoms with Gasteiger partial charge in [0.2, 0.25) is 5.91 Å². The van der Waals surface area contributed by atoms with Crippen molar-refractivity contribution in [3.05, 3.63) is 0 Å². The van der Waals surface area contributed by atoms with Gasteiger partial charge in [-0.25, -0.2) is 0 Å². The van der Waals surface area contributed by atoms with Crippen molar-refractivity contribution in [3.63, 3.8) is 0 Å². The highest BCUT2D eigenvalue weighted by Gasteiger charge is 2.28. The van der Waals surface area contributed by atoms with Gasteiger partial charge in [0.25, 0.3) is 0 Å². The Balaban J connectivity index is 2.43. The normalized spacial score (nSPS) is 20.2. The molecule has 1 aliphatic rings. The highest BCUT2D eigenvalue weighted by atomic mass is 16.2. The van der Waals surface area contributed by atoms with Gasteiger partial charge in [-0.15, -0.1) is 0 Å². The van der Waals surface area contributed by atoms with Crippen molar-refractivity contribution >= 4 is 5.91 Å². The fourth-order valence-electron chi connectivity index (χ4n) is 4.21. The van der Waals surface area contributed by atoms with Gasteiger partial charge in [0.1, 0.15) is 0 Å². The Hall–Kier alpha value is -0.530. The summed E-state index contributed by atoms with van der Waals surface area (Å²) in [5.41, 5.74) is 0. The third-order valence-electron chi connectivity index (χ3n) is 5.82. The molecule has 0 radical (unpaired) electrons. The maximum absolute atomic E-state index is 12.8. The molecule has 2 nitrogen and oxygen atoms in total. The summed E-state index contributed by atoms with van der Waals surface area (Å²) in [5, 5.41) is 0. The molecule has 0 aromatic carbocycles. The van der Waals surface area contributed by atoms with Crippen LogP contribution >= 0.6 is 0 Å². The fourth-order valence-corrected chi connectivity index (χ4v) is 4.21. The summed E-state index contributed by atoms with van der Waals surface area (Å²) < 4.78 is 0. The number of amides is 1. The molecule has 0 N–H and O–H groups in total. The Labute approximate surface area is 151 Å². The van der Waals surface area contributed by atoms with E-state index in [2.05, 4.69) is 25.7 Å². The van der Waals surface area contributed by atoms with E-state index in [0.717, 1.165) is 31.8 Å². The summed E-state index contributed by atoms with van der Waals surface area (Å²) in [6.45, 7) is 8.59. The van der Waals surface area contributed by atoms with Gasteiger partial charge < -0.3 is 4.90 Å². The van der Waals surface area contributed by atoms with E-state index in [1.54, 1.807) is 0 Å². The largest absolute Gasteiger partial charge is 0.343 e. The summed E-state index contributed by atoms with van der Waals surface area (Å²) in [7, 11) is 0. The first-order chi connectivity index (χ1) is 11.7. The number of rotatable bonds is 13. The van der Waals surface area contributed by atoms with E-state index in [1.807, 2.05) is 0 Å². The summed E-state index contributed by atoms with van der Waals surface area (Å²) in [6.07, 6.45) is 18.3. The van der Waals surface area contributed by atoms with Crippen LogP contribution in [0.5, 0.6) is 0 Å². The first-order valence-electron chi connectivity index (χ1n) is 11.0. The number of unbranched alkanes of at least 4 members (excludes halogenated alkanes) is 6. The van der Waals surface area contributed by atoms with E-state index in [1.165, 1.54) is 77.0 Å². The molecule has 1 aliphatic heterocycles. The second-order valence-corrected chi connectivity index (χ2v) is 7.91. The van der Waals surface area contributed by atoms with Crippen molar-refractivity contribution in [1.82, 2.24) is 4.90 Å². The second kappa shape index (κ2) is 13.7. The number of hydrogen-bond donors (Lipinski definition) is 0. The van der Waals surface area contributed by atoms with E-state index in [-0.39, 0.29) is 0 Å². The predicted octanol–water partition coefficient (Wildman–Crippen LogP) is 6.58. The van der Waals surface area contributed by atoms with Crippen LogP contribution < -0.4 is 0 Å². The lowest BCUT2D eigenvalue weighted by Crippen LogP contribution is -2.35. The number of hydrogen-bond acceptors (Lipinski definition) is 1. The Morgan fingerprint density at radius 3 is 2.29 bits per heavy atom. The van der Waals surface area contributed by atoms with Crippen LogP contribution in [0.4, 0.5) is 0 Å². The number of carbonyl (C=O) groups excluding carboxylic acids is 1. The molecular formula is C22H43NO. The van der Waals surface area contributed by atoms with E-state index in [0.29, 0.717) is 11.8 Å². The van der Waals surface area contributed by atoms with Crippen molar-refractivity contribution in [2.24, 2.45) is 11.8 Å². The first-order valence-corrected chi connectivity index (χ1v) is 11.0. The summed E-state index contributed by atoms with van der Waals surface area (Å²) in [4.78, 5) is 14.9. The third-order valence-corrected chi connectivity index (χ3v) is 5.82. The molecule has 0 saturated carbocycles. The SMILES string of the molecule is CCCCCCCCC(CCCC)CC1CCCCN(CC)C1=O. The van der Waals surface area contributed by atoms with Crippen molar-refractivity contribution < 1.29 is 4.79 Å². The average Bonchev–Trinajstić information content (AvgIpc) is 2.77. The number of carbonyl (C=O) groups is 1. The van der Waals surface area contributed by atoms with Crippen LogP contribution in [-0.2, 0) is 4.79 Å². The molecule has 142 valence electrons. The minimum absolute atomic E-state index is 0.314. The van der Waals surface area contributed by atoms with Gasteiger partial charge in [0.15, 0.2) is 0 Å². The standard InChI is InChI=1S/C22H43NO/c1-4-7-9-10-11-12-16-20(15-8-5-2)19-21-17-13-14-18-23(6-3)22(21)24/h20-21H,4-19H2,1-3H3. The Kier molecular flexibility index (Phi) is 12.3. The van der Waals surface area contributed by atoms with E-state index in [4.69, 9.17) is 0 Å². The van der Waals surface area contributed by atoms with E-state index >= 15 is 0 Å². The zero-order valence-corrected chi connectivity index (χ0v) is 16.8. The molecular weight excluding hydrogens is 294 g/mol. The van der Waals surface area contributed by atoms with Crippen LogP contribution in [0.25, 0.3) is 0 Å². The van der Waals surface area contributed by atoms with Gasteiger partial charge in [-0.3, -0.25) is 4.79 Å². The lowest BCUT2D eigenvalue weighted by molar-refractivity contribution is -0.135. The van der Waals surface area contributed by atoms with Gasteiger partial charge in [-0.05, 0) is 32.1 Å². The quantitative estimate of drug-likeness (QED) is 0.347. The maximum atomic E-state index is 12.8. The molecule has 24 heavy (non-hydrogen) atoms. The van der Waals surface area contributed by atoms with Crippen LogP contribution in [0.3, 0.4) is 0 Å². The molecule has 0 aliphatic carbocycles. The molecule has 1 amide bonds. The number of nitrogens with zero attached hydrogens (tertiary/aromatic N) is 1. The summed E-state index contributed by atoms with van der Waals surface area (Å²) in [5.74, 6) is 1.55. The van der Waals surface area contributed by atoms with Crippen LogP contribution in [0, 0.1) is 11.8 Å². The van der Waals surface area contributed by atoms with Crippen LogP contribution in [-0.4, -0.2) is 23.9 Å². The van der Waals surface area contributed by atoms with Gasteiger partial charge >= 0.3 is 0 Å². The molecule has 0 spiro atoms. The Morgan fingerprint density at radius 2 is 1.58 bits per heavy atom. The average molecular weight is 338 g/mol. The summed E-state index contributed by atoms with van der Waals surface area (Å²) >= 11 is 0. The molecule has 1 fully saturated rings. The lowest BCUT2D eigenvalue weighted by Gasteiger charge is -2.26. The third kappa shape index (κ3) is 8.53. The van der Waals surface area contributed by atoms with E-state index in [9.17, 15) is 4.79 Å². The molecule has 0 bridgehead atoms. The zero-order chi connectivity index (χ0) is 17.6. The van der Waals surface area contributed by atoms with Gasteiger partial charge in [-0.2, -0.15) is 0 Å². The minimum atomic E-state index is 0.314. The lowest BCUT2D eigenvalue weighted by atomic mass is 9.84. The van der Waals surface area contributed by atoms with Crippen LogP contribution in [0.1, 0.15) is 111 Å². The van der Waals surface area contributed by atoms with Crippen molar-refractivity contribution in [3.8, 4) is 0 Å². The van der Waals surface area contributed by atoms with E-state index < -0.39 is 0 Å². The highest BCUT2D eigenvalue weighted by Crippen LogP contribution is 2.30. The van der Waals surface area contributed by atoms with Crippen LogP contribution in [0.2, 0.25) is 0 Å². The smallest absolute Gasteiger partial charge is 0.225 e. The van der Waals surface area contributed by atoms with Gasteiger partial charge in [0, 0.05) is 19.0 Å². The molecule has 0 aromatic heterocycles. The number of likely N-dealkylation sites (tertiary alicyclic amines) is 1. The predicted molar refractivity (Wildman–Crippen MR) is 105 cm³/mol. The minimum Gasteiger partial charge on any atom is -0.343 e. The summed E-state index contributed by atoms with van der Waals surface area (Å²) in [6, 6.07) is 0. The topological polar surface area (TPSA) is 20.3 Å². The Morgan fingerprint density at radius 1 is 0.917 bits per heavy atom. The molecule has 2 atom stereocenters. The molecule has 1 saturated heterocycles. The molecule has 0 aromatic rings. The second-order valence-electron chi connectivity index (χ2n) is 7.91. The maximum Gasteiger partial charge on any atom is 0.225 e.